The highest BCUT2D eigenvalue weighted by atomic mass is 16.6. The number of hydrogen-bond donors (Lipinski definition) is 1. The Morgan fingerprint density at radius 2 is 1.38 bits per heavy atom. The van der Waals surface area contributed by atoms with E-state index in [9.17, 15) is 9.59 Å². The van der Waals surface area contributed by atoms with Crippen molar-refractivity contribution < 1.29 is 24.2 Å². The fourth-order valence-electron chi connectivity index (χ4n) is 2.81. The summed E-state index contributed by atoms with van der Waals surface area (Å²) >= 11 is 0. The number of amides is 2. The average Bonchev–Trinajstić information content (AvgIpc) is 3.16. The fraction of sp³-hybridized carbons (Fsp3) is 0.895. The molecule has 2 amide bonds. The zero-order valence-electron chi connectivity index (χ0n) is 17.2. The van der Waals surface area contributed by atoms with Crippen LogP contribution in [0.15, 0.2) is 0 Å². The lowest BCUT2D eigenvalue weighted by molar-refractivity contribution is 0.0175. The highest BCUT2D eigenvalue weighted by molar-refractivity contribution is 5.69. The summed E-state index contributed by atoms with van der Waals surface area (Å²) in [5.41, 5.74) is -0.820. The predicted molar refractivity (Wildman–Crippen MR) is 100 cm³/mol. The number of hydrogen-bond acceptors (Lipinski definition) is 5. The molecular formula is C19H36N2O5. The summed E-state index contributed by atoms with van der Waals surface area (Å²) in [6.45, 7) is 13.6. The number of carbonyl (C=O) groups is 2. The third-order valence-electron chi connectivity index (χ3n) is 3.97. The van der Waals surface area contributed by atoms with Gasteiger partial charge in [-0.3, -0.25) is 0 Å². The molecule has 2 rings (SSSR count). The van der Waals surface area contributed by atoms with Crippen LogP contribution in [0.2, 0.25) is 0 Å². The van der Waals surface area contributed by atoms with Crippen LogP contribution in [0.5, 0.6) is 0 Å². The zero-order valence-corrected chi connectivity index (χ0v) is 17.2. The second-order valence-electron chi connectivity index (χ2n) is 8.83. The van der Waals surface area contributed by atoms with Gasteiger partial charge in [0.05, 0.1) is 12.6 Å². The van der Waals surface area contributed by atoms with Crippen LogP contribution in [-0.2, 0) is 9.47 Å². The minimum atomic E-state index is -0.459. The van der Waals surface area contributed by atoms with Crippen LogP contribution >= 0.6 is 0 Å². The lowest BCUT2D eigenvalue weighted by atomic mass is 10.2. The van der Waals surface area contributed by atoms with Crippen molar-refractivity contribution in [3.8, 4) is 0 Å². The number of nitrogens with zero attached hydrogens (tertiary/aromatic N) is 2. The summed E-state index contributed by atoms with van der Waals surface area (Å²) < 4.78 is 10.4. The van der Waals surface area contributed by atoms with Crippen LogP contribution in [0.3, 0.4) is 0 Å². The van der Waals surface area contributed by atoms with Gasteiger partial charge in [0.15, 0.2) is 0 Å². The third-order valence-corrected chi connectivity index (χ3v) is 3.97. The van der Waals surface area contributed by atoms with Crippen LogP contribution in [0.25, 0.3) is 0 Å². The normalized spacial score (nSPS) is 20.5. The number of carbonyl (C=O) groups excluding carboxylic acids is 2. The lowest BCUT2D eigenvalue weighted by Gasteiger charge is -2.27. The first-order valence-electron chi connectivity index (χ1n) is 9.51. The van der Waals surface area contributed by atoms with Gasteiger partial charge in [-0.15, -0.1) is 0 Å². The average molecular weight is 373 g/mol. The van der Waals surface area contributed by atoms with Crippen molar-refractivity contribution in [1.29, 1.82) is 0 Å². The molecular weight excluding hydrogens is 336 g/mol. The molecule has 26 heavy (non-hydrogen) atoms. The summed E-state index contributed by atoms with van der Waals surface area (Å²) in [6.07, 6.45) is 3.56. The van der Waals surface area contributed by atoms with E-state index >= 15 is 0 Å². The Balaban J connectivity index is 0.000000263. The maximum absolute atomic E-state index is 11.6. The molecule has 1 N–H and O–H groups in total. The standard InChI is InChI=1S/C10H19NO3.C9H17NO2/c1-10(2,3)14-9(13)11-6-4-5-8(11)7-12;1-9(2,3)12-8(11)10-6-4-5-7-10/h8,12H,4-7H2,1-3H3;4-7H2,1-3H3/t8-;/m1./s1. The molecule has 0 radical (unpaired) electrons. The fourth-order valence-corrected chi connectivity index (χ4v) is 2.81. The number of ether oxygens (including phenoxy) is 2. The van der Waals surface area contributed by atoms with Gasteiger partial charge in [-0.1, -0.05) is 0 Å². The Kier molecular flexibility index (Phi) is 8.18. The summed E-state index contributed by atoms with van der Waals surface area (Å²) in [5.74, 6) is 0. The van der Waals surface area contributed by atoms with Gasteiger partial charge in [-0.2, -0.15) is 0 Å². The Morgan fingerprint density at radius 1 is 0.885 bits per heavy atom. The maximum atomic E-state index is 11.6. The molecule has 2 heterocycles. The third kappa shape index (κ3) is 8.25. The Labute approximate surface area is 157 Å². The van der Waals surface area contributed by atoms with E-state index in [2.05, 4.69) is 0 Å². The monoisotopic (exact) mass is 372 g/mol. The molecule has 7 nitrogen and oxygen atoms in total. The maximum Gasteiger partial charge on any atom is 0.410 e. The first-order chi connectivity index (χ1) is 11.9. The first-order valence-corrected chi connectivity index (χ1v) is 9.51. The molecule has 2 fully saturated rings. The summed E-state index contributed by atoms with van der Waals surface area (Å²) in [4.78, 5) is 26.4. The van der Waals surface area contributed by atoms with E-state index in [1.165, 1.54) is 0 Å². The van der Waals surface area contributed by atoms with E-state index in [-0.39, 0.29) is 30.4 Å². The topological polar surface area (TPSA) is 79.3 Å². The minimum absolute atomic E-state index is 0.0270. The highest BCUT2D eigenvalue weighted by Crippen LogP contribution is 2.20. The Hall–Kier alpha value is -1.50. The van der Waals surface area contributed by atoms with E-state index in [1.54, 1.807) is 9.80 Å². The van der Waals surface area contributed by atoms with Gasteiger partial charge < -0.3 is 24.4 Å². The largest absolute Gasteiger partial charge is 0.444 e. The van der Waals surface area contributed by atoms with E-state index < -0.39 is 5.60 Å². The van der Waals surface area contributed by atoms with Crippen molar-refractivity contribution in [3.05, 3.63) is 0 Å². The van der Waals surface area contributed by atoms with Crippen LogP contribution < -0.4 is 0 Å². The number of aliphatic hydroxyl groups excluding tert-OH is 1. The van der Waals surface area contributed by atoms with Crippen LogP contribution in [0, 0.1) is 0 Å². The molecule has 0 spiro atoms. The van der Waals surface area contributed by atoms with Crippen molar-refractivity contribution in [2.24, 2.45) is 0 Å². The molecule has 0 bridgehead atoms. The van der Waals surface area contributed by atoms with Gasteiger partial charge in [-0.05, 0) is 67.2 Å². The van der Waals surface area contributed by atoms with Crippen molar-refractivity contribution in [3.63, 3.8) is 0 Å². The molecule has 2 saturated heterocycles. The van der Waals surface area contributed by atoms with Crippen LogP contribution in [0.1, 0.15) is 67.2 Å². The smallest absolute Gasteiger partial charge is 0.410 e. The van der Waals surface area contributed by atoms with E-state index in [1.807, 2.05) is 41.5 Å². The zero-order chi connectivity index (χ0) is 20.0. The van der Waals surface area contributed by atoms with Gasteiger partial charge in [0.2, 0.25) is 0 Å². The predicted octanol–water partition coefficient (Wildman–Crippen LogP) is 3.40. The number of aliphatic hydroxyl groups is 1. The molecule has 0 aliphatic carbocycles. The van der Waals surface area contributed by atoms with E-state index in [4.69, 9.17) is 14.6 Å². The molecule has 0 unspecified atom stereocenters. The summed E-state index contributed by atoms with van der Waals surface area (Å²) in [6, 6.07) is -0.0511. The SMILES string of the molecule is CC(C)(C)OC(=O)N1CCCC1.CC(C)(C)OC(=O)N1CCC[C@@H]1CO. The molecule has 7 heteroatoms. The number of likely N-dealkylation sites (tertiary alicyclic amines) is 2. The first kappa shape index (κ1) is 22.5. The van der Waals surface area contributed by atoms with Gasteiger partial charge in [0.25, 0.3) is 0 Å². The van der Waals surface area contributed by atoms with Gasteiger partial charge >= 0.3 is 12.2 Å². The van der Waals surface area contributed by atoms with Crippen molar-refractivity contribution in [2.45, 2.75) is 84.5 Å². The van der Waals surface area contributed by atoms with E-state index in [0.717, 1.165) is 38.8 Å². The summed E-state index contributed by atoms with van der Waals surface area (Å²) in [5, 5.41) is 9.03. The molecule has 0 aromatic rings. The quantitative estimate of drug-likeness (QED) is 0.763. The molecule has 2 aliphatic rings. The molecule has 1 atom stereocenters. The minimum Gasteiger partial charge on any atom is -0.444 e. The molecule has 0 aromatic carbocycles. The summed E-state index contributed by atoms with van der Waals surface area (Å²) in [7, 11) is 0. The molecule has 2 aliphatic heterocycles. The van der Waals surface area contributed by atoms with Crippen LogP contribution in [0.4, 0.5) is 9.59 Å². The Bertz CT molecular complexity index is 462. The van der Waals surface area contributed by atoms with E-state index in [0.29, 0.717) is 6.54 Å². The second kappa shape index (κ2) is 9.44. The number of rotatable bonds is 1. The molecule has 152 valence electrons. The van der Waals surface area contributed by atoms with Gasteiger partial charge in [0, 0.05) is 19.6 Å². The highest BCUT2D eigenvalue weighted by Gasteiger charge is 2.31. The second-order valence-corrected chi connectivity index (χ2v) is 8.83. The molecule has 0 aromatic heterocycles. The lowest BCUT2D eigenvalue weighted by Crippen LogP contribution is -2.41. The van der Waals surface area contributed by atoms with Crippen molar-refractivity contribution in [1.82, 2.24) is 9.80 Å². The van der Waals surface area contributed by atoms with Crippen LogP contribution in [-0.4, -0.2) is 70.6 Å². The van der Waals surface area contributed by atoms with Gasteiger partial charge in [0.1, 0.15) is 11.2 Å². The molecule has 0 saturated carbocycles. The van der Waals surface area contributed by atoms with Crippen molar-refractivity contribution in [2.75, 3.05) is 26.2 Å². The Morgan fingerprint density at radius 3 is 1.85 bits per heavy atom. The van der Waals surface area contributed by atoms with Crippen molar-refractivity contribution >= 4 is 12.2 Å². The van der Waals surface area contributed by atoms with Gasteiger partial charge in [-0.25, -0.2) is 9.59 Å².